The summed E-state index contributed by atoms with van der Waals surface area (Å²) in [6, 6.07) is 14.5. The Kier molecular flexibility index (Phi) is 12.8. The van der Waals surface area contributed by atoms with Gasteiger partial charge in [0.2, 0.25) is 24.2 Å². The molecule has 66 heavy (non-hydrogen) atoms. The van der Waals surface area contributed by atoms with Crippen LogP contribution in [-0.2, 0) is 38.5 Å². The van der Waals surface area contributed by atoms with Crippen LogP contribution in [0.1, 0.15) is 126 Å². The van der Waals surface area contributed by atoms with Crippen LogP contribution in [0.3, 0.4) is 0 Å². The molecule has 10 fully saturated rings. The minimum atomic E-state index is -0.841. The zero-order valence-corrected chi connectivity index (χ0v) is 39.8. The smallest absolute Gasteiger partial charge is 0.251 e. The number of ether oxygens (including phenoxy) is 6. The number of carbonyl (C=O) groups excluding carboxylic acids is 2. The normalized spacial score (nSPS) is 42.1. The van der Waals surface area contributed by atoms with Crippen molar-refractivity contribution in [3.05, 3.63) is 59.7 Å². The molecule has 362 valence electrons. The topological polar surface area (TPSA) is 154 Å². The fraction of sp³-hybridized carbons (Fsp3) is 0.725. The Morgan fingerprint density at radius 3 is 1.41 bits per heavy atom. The van der Waals surface area contributed by atoms with Crippen molar-refractivity contribution in [2.75, 3.05) is 33.2 Å². The molecule has 12 rings (SSSR count). The summed E-state index contributed by atoms with van der Waals surface area (Å²) in [5.41, 5.74) is -0.145. The molecule has 0 radical (unpaired) electrons. The zero-order chi connectivity index (χ0) is 46.0. The van der Waals surface area contributed by atoms with E-state index in [0.29, 0.717) is 59.4 Å². The van der Waals surface area contributed by atoms with Crippen LogP contribution in [0, 0.1) is 47.3 Å². The predicted octanol–water partition coefficient (Wildman–Crippen LogP) is 7.73. The van der Waals surface area contributed by atoms with Gasteiger partial charge in [0.1, 0.15) is 11.5 Å². The third-order valence-corrected chi connectivity index (χ3v) is 16.9. The number of rotatable bonds is 14. The first-order chi connectivity index (χ1) is 31.7. The van der Waals surface area contributed by atoms with Gasteiger partial charge < -0.3 is 44.0 Å². The van der Waals surface area contributed by atoms with Gasteiger partial charge in [-0.15, -0.1) is 0 Å². The van der Waals surface area contributed by atoms with E-state index in [9.17, 15) is 9.59 Å². The summed E-state index contributed by atoms with van der Waals surface area (Å²) in [7, 11) is 2.05. The van der Waals surface area contributed by atoms with Gasteiger partial charge in [0.25, 0.3) is 11.8 Å². The van der Waals surface area contributed by atoms with E-state index in [4.69, 9.17) is 48.0 Å². The summed E-state index contributed by atoms with van der Waals surface area (Å²) >= 11 is 0. The summed E-state index contributed by atoms with van der Waals surface area (Å²) in [6.45, 7) is 15.5. The van der Waals surface area contributed by atoms with E-state index in [1.165, 1.54) is 0 Å². The first-order valence-corrected chi connectivity index (χ1v) is 24.9. The van der Waals surface area contributed by atoms with E-state index >= 15 is 0 Å². The zero-order valence-electron chi connectivity index (χ0n) is 39.8. The minimum Gasteiger partial charge on any atom is -0.465 e. The van der Waals surface area contributed by atoms with Gasteiger partial charge in [-0.2, -0.15) is 0 Å². The molecule has 2 amide bonds. The van der Waals surface area contributed by atoms with Gasteiger partial charge >= 0.3 is 0 Å². The lowest BCUT2D eigenvalue weighted by Crippen LogP contribution is -2.70. The van der Waals surface area contributed by atoms with Gasteiger partial charge in [0.15, 0.2) is 23.8 Å². The van der Waals surface area contributed by atoms with Crippen molar-refractivity contribution < 1.29 is 57.6 Å². The molecular weight excluding hydrogens is 847 g/mol. The van der Waals surface area contributed by atoms with Gasteiger partial charge in [0, 0.05) is 60.7 Å². The number of fused-ring (bicyclic) bond motifs is 4. The van der Waals surface area contributed by atoms with E-state index in [-0.39, 0.29) is 35.5 Å². The second kappa shape index (κ2) is 18.2. The minimum absolute atomic E-state index is 0.0465. The third-order valence-electron chi connectivity index (χ3n) is 16.9. The largest absolute Gasteiger partial charge is 0.465 e. The van der Waals surface area contributed by atoms with Gasteiger partial charge in [-0.25, -0.2) is 19.6 Å². The summed E-state index contributed by atoms with van der Waals surface area (Å²) in [6.07, 6.45) is 7.10. The van der Waals surface area contributed by atoms with Crippen LogP contribution >= 0.6 is 0 Å². The maximum absolute atomic E-state index is 13.0. The Morgan fingerprint density at radius 1 is 0.591 bits per heavy atom. The predicted molar refractivity (Wildman–Crippen MR) is 239 cm³/mol. The van der Waals surface area contributed by atoms with Crippen molar-refractivity contribution >= 4 is 11.8 Å². The summed E-state index contributed by atoms with van der Waals surface area (Å²) in [4.78, 5) is 52.7. The molecule has 15 heteroatoms. The van der Waals surface area contributed by atoms with E-state index in [0.717, 1.165) is 77.3 Å². The lowest BCUT2D eigenvalue weighted by atomic mass is 9.58. The Balaban J connectivity index is 0.626. The number of benzene rings is 2. The molecule has 0 aromatic heterocycles. The highest BCUT2D eigenvalue weighted by atomic mass is 17.3. The van der Waals surface area contributed by atoms with Crippen LogP contribution in [0.2, 0.25) is 0 Å². The lowest BCUT2D eigenvalue weighted by Gasteiger charge is -2.60. The van der Waals surface area contributed by atoms with Gasteiger partial charge in [-0.1, -0.05) is 27.7 Å². The van der Waals surface area contributed by atoms with Crippen molar-refractivity contribution in [2.45, 2.75) is 154 Å². The van der Waals surface area contributed by atoms with Gasteiger partial charge in [-0.05, 0) is 158 Å². The Morgan fingerprint density at radius 2 is 1.00 bits per heavy atom. The molecule has 8 heterocycles. The molecule has 10 aliphatic rings. The quantitative estimate of drug-likeness (QED) is 0.141. The van der Waals surface area contributed by atoms with E-state index in [1.54, 1.807) is 24.3 Å². The monoisotopic (exact) mass is 918 g/mol. The fourth-order valence-corrected chi connectivity index (χ4v) is 13.1. The Hall–Kier alpha value is -3.38. The lowest BCUT2D eigenvalue weighted by molar-refractivity contribution is -0.575. The van der Waals surface area contributed by atoms with Crippen molar-refractivity contribution in [1.82, 2.24) is 15.5 Å². The number of amides is 2. The third kappa shape index (κ3) is 8.35. The molecular formula is C51H71N3O12. The van der Waals surface area contributed by atoms with Crippen molar-refractivity contribution in [1.29, 1.82) is 0 Å². The Labute approximate surface area is 389 Å². The Bertz CT molecular complexity index is 1920. The van der Waals surface area contributed by atoms with Crippen LogP contribution in [0.5, 0.6) is 11.5 Å². The van der Waals surface area contributed by atoms with Crippen molar-refractivity contribution in [3.63, 3.8) is 0 Å². The van der Waals surface area contributed by atoms with Crippen LogP contribution < -0.4 is 20.1 Å². The molecule has 2 aromatic carbocycles. The molecule has 8 aliphatic heterocycles. The molecule has 8 saturated heterocycles. The van der Waals surface area contributed by atoms with Crippen LogP contribution in [0.25, 0.3) is 0 Å². The maximum atomic E-state index is 13.0. The maximum Gasteiger partial charge on any atom is 0.251 e. The van der Waals surface area contributed by atoms with E-state index in [1.807, 2.05) is 38.1 Å². The summed E-state index contributed by atoms with van der Waals surface area (Å²) < 4.78 is 39.0. The first-order valence-electron chi connectivity index (χ1n) is 24.9. The van der Waals surface area contributed by atoms with Crippen LogP contribution in [-0.4, -0.2) is 97.9 Å². The van der Waals surface area contributed by atoms with Gasteiger partial charge in [-0.3, -0.25) is 9.59 Å². The molecule has 4 bridgehead atoms. The number of nitrogens with zero attached hydrogens (tertiary/aromatic N) is 1. The van der Waals surface area contributed by atoms with E-state index < -0.39 is 47.9 Å². The average molecular weight is 918 g/mol. The number of nitrogens with one attached hydrogen (secondary N) is 2. The second-order valence-corrected chi connectivity index (χ2v) is 21.4. The molecule has 15 nitrogen and oxygen atoms in total. The standard InChI is InChI=1S/C51H71N3O12/c1-30-10-20-40-32(3)44(59-46-50(40)38(30)22-24-48(5,61-46)63-65-50)57-36-16-12-34(13-17-36)42(55)52-26-8-28-54(7)29-9-27-53-43(56)35-14-18-37(19-15-35)58-45-33(4)41-21-11-31(2)39-23-25-49(6)62-47(60-45)51(39,41)66-64-49/h12-19,30-33,38-41,44-47H,8-11,20-29H2,1-7H3,(H,52,55)(H,53,56)/t30-,31-,32-,33-,38?,39?,40?,41?,44+,45?,46?,47?,48-,49-,50-,51-/m1/s1. The first kappa shape index (κ1) is 46.4. The number of hydrogen-bond acceptors (Lipinski definition) is 13. The number of carbonyl (C=O) groups is 2. The molecule has 2 saturated carbocycles. The SMILES string of the molecule is C[C@H]1C(Oc2ccc(C(=O)NCCCN(C)CCCNC(=O)c3ccc(O[C@H]4OC5O[C@@]6(C)CCC7[C@H](C)CCC([C@H]4C)[C@@]57OO6)cc3)cc2)OC2O[C@@]3(C)CCC4[C@H](C)CCC1[C@@]24OO3. The molecule has 2 spiro atoms. The second-order valence-electron chi connectivity index (χ2n) is 21.4. The van der Waals surface area contributed by atoms with Crippen LogP contribution in [0.4, 0.5) is 0 Å². The fourth-order valence-electron chi connectivity index (χ4n) is 13.1. The van der Waals surface area contributed by atoms with Crippen molar-refractivity contribution in [2.24, 2.45) is 47.3 Å². The van der Waals surface area contributed by atoms with Crippen LogP contribution in [0.15, 0.2) is 48.5 Å². The highest BCUT2D eigenvalue weighted by Crippen LogP contribution is 2.62. The average Bonchev–Trinajstić information content (AvgIpc) is 3.68. The number of hydrogen-bond donors (Lipinski definition) is 2. The summed E-state index contributed by atoms with van der Waals surface area (Å²) in [5.74, 6) is 1.32. The molecule has 7 unspecified atom stereocenters. The highest BCUT2D eigenvalue weighted by Gasteiger charge is 2.71. The molecule has 2 N–H and O–H groups in total. The van der Waals surface area contributed by atoms with E-state index in [2.05, 4.69) is 50.3 Å². The molecule has 16 atom stereocenters. The molecule has 2 aromatic rings. The molecule has 2 aliphatic carbocycles. The van der Waals surface area contributed by atoms with Gasteiger partial charge in [0.05, 0.1) is 0 Å². The van der Waals surface area contributed by atoms with Crippen molar-refractivity contribution in [3.8, 4) is 11.5 Å². The highest BCUT2D eigenvalue weighted by molar-refractivity contribution is 5.94. The summed E-state index contributed by atoms with van der Waals surface area (Å²) in [5, 5.41) is 6.09.